The molecule has 1 fully saturated rings. The van der Waals surface area contributed by atoms with Crippen LogP contribution in [0.15, 0.2) is 72.1 Å². The monoisotopic (exact) mass is 422 g/mol. The smallest absolute Gasteiger partial charge is 0.282 e. The van der Waals surface area contributed by atoms with E-state index in [1.165, 1.54) is 10.4 Å². The number of carbonyl (C=O) groups is 1. The van der Waals surface area contributed by atoms with Gasteiger partial charge in [0.2, 0.25) is 0 Å². The molecule has 6 heteroatoms. The lowest BCUT2D eigenvalue weighted by Crippen LogP contribution is -2.92. The van der Waals surface area contributed by atoms with Gasteiger partial charge in [-0.15, -0.1) is 11.3 Å². The number of carbonyl (C=O) groups excluding carboxylic acids is 1. The summed E-state index contributed by atoms with van der Waals surface area (Å²) in [6.07, 6.45) is 0. The van der Waals surface area contributed by atoms with Gasteiger partial charge < -0.3 is 20.3 Å². The minimum absolute atomic E-state index is 0.00612. The second kappa shape index (κ2) is 9.89. The van der Waals surface area contributed by atoms with Gasteiger partial charge in [-0.2, -0.15) is 0 Å². The second-order valence-corrected chi connectivity index (χ2v) is 8.50. The number of anilines is 2. The van der Waals surface area contributed by atoms with Crippen LogP contribution in [0.3, 0.4) is 0 Å². The summed E-state index contributed by atoms with van der Waals surface area (Å²) < 4.78 is 5.41. The third-order valence-electron chi connectivity index (χ3n) is 5.41. The van der Waals surface area contributed by atoms with Gasteiger partial charge in [0.15, 0.2) is 6.04 Å². The van der Waals surface area contributed by atoms with E-state index in [0.717, 1.165) is 37.7 Å². The first-order valence-electron chi connectivity index (χ1n) is 10.4. The van der Waals surface area contributed by atoms with Crippen molar-refractivity contribution in [3.05, 3.63) is 82.6 Å². The molecule has 4 rings (SSSR count). The fourth-order valence-corrected chi connectivity index (χ4v) is 4.54. The van der Waals surface area contributed by atoms with Crippen molar-refractivity contribution in [1.29, 1.82) is 0 Å². The molecule has 2 atom stereocenters. The zero-order valence-electron chi connectivity index (χ0n) is 17.2. The van der Waals surface area contributed by atoms with Crippen LogP contribution in [0.4, 0.5) is 11.4 Å². The Kier molecular flexibility index (Phi) is 6.79. The standard InChI is InChI=1S/C24H27N3O2S/c1-18(25-23(22-8-5-17-30-22)19-6-3-2-4-7-19)24(28)26-20-9-11-21(12-10-20)27-13-15-29-16-14-27/h2-12,17-18,23,25H,13-16H2,1H3,(H,26,28)/p+1/t18-,23-/m0/s1. The molecule has 1 saturated heterocycles. The van der Waals surface area contributed by atoms with Crippen LogP contribution < -0.4 is 15.5 Å². The summed E-state index contributed by atoms with van der Waals surface area (Å²) >= 11 is 1.72. The Labute approximate surface area is 181 Å². The molecule has 156 valence electrons. The molecule has 1 aromatic heterocycles. The number of thiophene rings is 1. The third kappa shape index (κ3) is 5.08. The molecule has 0 spiro atoms. The third-order valence-corrected chi connectivity index (χ3v) is 6.37. The van der Waals surface area contributed by atoms with E-state index in [2.05, 4.69) is 57.3 Å². The van der Waals surface area contributed by atoms with Gasteiger partial charge in [-0.3, -0.25) is 4.79 Å². The quantitative estimate of drug-likeness (QED) is 0.614. The number of hydrogen-bond acceptors (Lipinski definition) is 4. The molecule has 2 heterocycles. The Balaban J connectivity index is 1.40. The minimum atomic E-state index is -0.226. The van der Waals surface area contributed by atoms with E-state index in [4.69, 9.17) is 4.74 Å². The molecule has 3 aromatic rings. The average Bonchev–Trinajstić information content (AvgIpc) is 3.33. The molecule has 0 radical (unpaired) electrons. The van der Waals surface area contributed by atoms with Gasteiger partial charge >= 0.3 is 0 Å². The Morgan fingerprint density at radius 1 is 1.03 bits per heavy atom. The molecule has 3 N–H and O–H groups in total. The van der Waals surface area contributed by atoms with E-state index >= 15 is 0 Å². The van der Waals surface area contributed by atoms with Crippen molar-refractivity contribution in [3.63, 3.8) is 0 Å². The topological polar surface area (TPSA) is 58.2 Å². The molecule has 0 aliphatic carbocycles. The van der Waals surface area contributed by atoms with Gasteiger partial charge in [-0.25, -0.2) is 0 Å². The number of nitrogens with two attached hydrogens (primary N) is 1. The lowest BCUT2D eigenvalue weighted by molar-refractivity contribution is -0.703. The second-order valence-electron chi connectivity index (χ2n) is 7.52. The van der Waals surface area contributed by atoms with Crippen LogP contribution in [0.25, 0.3) is 0 Å². The first-order valence-corrected chi connectivity index (χ1v) is 11.3. The first kappa shape index (κ1) is 20.6. The minimum Gasteiger partial charge on any atom is -0.378 e. The van der Waals surface area contributed by atoms with Crippen molar-refractivity contribution in [2.24, 2.45) is 0 Å². The van der Waals surface area contributed by atoms with Crippen LogP contribution in [0.1, 0.15) is 23.4 Å². The summed E-state index contributed by atoms with van der Waals surface area (Å²) in [5.74, 6) is 0.00612. The zero-order valence-corrected chi connectivity index (χ0v) is 18.0. The molecule has 5 nitrogen and oxygen atoms in total. The number of amides is 1. The highest BCUT2D eigenvalue weighted by atomic mass is 32.1. The molecule has 0 saturated carbocycles. The molecular formula is C24H28N3O2S+. The van der Waals surface area contributed by atoms with Crippen molar-refractivity contribution >= 4 is 28.6 Å². The number of ether oxygens (including phenoxy) is 1. The molecule has 0 bridgehead atoms. The molecule has 30 heavy (non-hydrogen) atoms. The summed E-state index contributed by atoms with van der Waals surface area (Å²) in [5, 5.41) is 7.28. The fraction of sp³-hybridized carbons (Fsp3) is 0.292. The maximum atomic E-state index is 12.9. The van der Waals surface area contributed by atoms with Crippen LogP contribution in [0, 0.1) is 0 Å². The van der Waals surface area contributed by atoms with E-state index in [0.29, 0.717) is 0 Å². The summed E-state index contributed by atoms with van der Waals surface area (Å²) in [7, 11) is 0. The van der Waals surface area contributed by atoms with Gasteiger partial charge in [0.1, 0.15) is 6.04 Å². The van der Waals surface area contributed by atoms with Crippen LogP contribution in [0.5, 0.6) is 0 Å². The number of rotatable bonds is 7. The van der Waals surface area contributed by atoms with Crippen molar-refractivity contribution in [1.82, 2.24) is 0 Å². The molecule has 1 amide bonds. The summed E-state index contributed by atoms with van der Waals surface area (Å²) in [6, 6.07) is 22.5. The Hall–Kier alpha value is -2.67. The normalized spacial score (nSPS) is 16.1. The Morgan fingerprint density at radius 2 is 1.77 bits per heavy atom. The molecule has 1 aliphatic rings. The fourth-order valence-electron chi connectivity index (χ4n) is 3.71. The van der Waals surface area contributed by atoms with Crippen LogP contribution in [-0.4, -0.2) is 38.3 Å². The number of nitrogens with zero attached hydrogens (tertiary/aromatic N) is 1. The Morgan fingerprint density at radius 3 is 2.43 bits per heavy atom. The van der Waals surface area contributed by atoms with Crippen LogP contribution in [0.2, 0.25) is 0 Å². The predicted molar refractivity (Wildman–Crippen MR) is 122 cm³/mol. The van der Waals surface area contributed by atoms with Crippen molar-refractivity contribution in [3.8, 4) is 0 Å². The summed E-state index contributed by atoms with van der Waals surface area (Å²) in [5.41, 5.74) is 3.19. The van der Waals surface area contributed by atoms with Crippen molar-refractivity contribution in [2.45, 2.75) is 19.0 Å². The Bertz CT molecular complexity index is 923. The molecule has 1 aliphatic heterocycles. The first-order chi connectivity index (χ1) is 14.7. The maximum Gasteiger partial charge on any atom is 0.282 e. The van der Waals surface area contributed by atoms with Crippen LogP contribution in [-0.2, 0) is 9.53 Å². The van der Waals surface area contributed by atoms with Gasteiger partial charge in [-0.1, -0.05) is 36.4 Å². The van der Waals surface area contributed by atoms with E-state index in [9.17, 15) is 4.79 Å². The highest BCUT2D eigenvalue weighted by Gasteiger charge is 2.25. The zero-order chi connectivity index (χ0) is 20.8. The lowest BCUT2D eigenvalue weighted by Gasteiger charge is -2.29. The lowest BCUT2D eigenvalue weighted by atomic mass is 10.0. The highest BCUT2D eigenvalue weighted by molar-refractivity contribution is 7.10. The van der Waals surface area contributed by atoms with E-state index in [1.807, 2.05) is 37.3 Å². The van der Waals surface area contributed by atoms with Gasteiger partial charge in [-0.05, 0) is 42.6 Å². The highest BCUT2D eigenvalue weighted by Crippen LogP contribution is 2.23. The van der Waals surface area contributed by atoms with E-state index in [1.54, 1.807) is 11.3 Å². The van der Waals surface area contributed by atoms with Gasteiger partial charge in [0.05, 0.1) is 18.1 Å². The van der Waals surface area contributed by atoms with Crippen molar-refractivity contribution < 1.29 is 14.8 Å². The van der Waals surface area contributed by atoms with Gasteiger partial charge in [0.25, 0.3) is 5.91 Å². The molecule has 2 aromatic carbocycles. The number of hydrogen-bond donors (Lipinski definition) is 2. The van der Waals surface area contributed by atoms with E-state index in [-0.39, 0.29) is 18.0 Å². The van der Waals surface area contributed by atoms with Crippen molar-refractivity contribution in [2.75, 3.05) is 36.5 Å². The number of nitrogens with one attached hydrogen (secondary N) is 1. The molecular weight excluding hydrogens is 394 g/mol. The molecule has 0 unspecified atom stereocenters. The SMILES string of the molecule is C[C@H]([NH2+][C@@H](c1ccccc1)c1cccs1)C(=O)Nc1ccc(N2CCOCC2)cc1. The van der Waals surface area contributed by atoms with Crippen LogP contribution >= 0.6 is 11.3 Å². The van der Waals surface area contributed by atoms with E-state index < -0.39 is 0 Å². The number of benzene rings is 2. The van der Waals surface area contributed by atoms with Gasteiger partial charge in [0, 0.05) is 30.0 Å². The predicted octanol–water partition coefficient (Wildman–Crippen LogP) is 3.26. The summed E-state index contributed by atoms with van der Waals surface area (Å²) in [6.45, 7) is 5.29. The summed E-state index contributed by atoms with van der Waals surface area (Å²) in [4.78, 5) is 16.4. The number of morpholine rings is 1. The average molecular weight is 423 g/mol. The largest absolute Gasteiger partial charge is 0.378 e. The number of quaternary nitrogens is 1. The maximum absolute atomic E-state index is 12.9.